The molecule has 0 aliphatic carbocycles. The van der Waals surface area contributed by atoms with Crippen LogP contribution in [0.2, 0.25) is 0 Å². The van der Waals surface area contributed by atoms with E-state index in [2.05, 4.69) is 20.9 Å². The summed E-state index contributed by atoms with van der Waals surface area (Å²) in [6.45, 7) is 7.47. The molecule has 2 atom stereocenters. The van der Waals surface area contributed by atoms with Gasteiger partial charge in [-0.1, -0.05) is 26.0 Å². The third-order valence-electron chi connectivity index (χ3n) is 6.66. The van der Waals surface area contributed by atoms with Crippen molar-refractivity contribution < 1.29 is 23.9 Å². The van der Waals surface area contributed by atoms with Crippen LogP contribution in [0.25, 0.3) is 0 Å². The lowest BCUT2D eigenvalue weighted by Gasteiger charge is -2.27. The first-order chi connectivity index (χ1) is 17.7. The van der Waals surface area contributed by atoms with E-state index >= 15 is 0 Å². The van der Waals surface area contributed by atoms with Crippen LogP contribution >= 0.6 is 0 Å². The smallest absolute Gasteiger partial charge is 0.255 e. The number of hydrogen-bond donors (Lipinski definition) is 3. The molecule has 204 valence electrons. The van der Waals surface area contributed by atoms with E-state index in [0.717, 1.165) is 19.5 Å². The van der Waals surface area contributed by atoms with Gasteiger partial charge >= 0.3 is 0 Å². The summed E-state index contributed by atoms with van der Waals surface area (Å²) in [5, 5.41) is 8.58. The van der Waals surface area contributed by atoms with Gasteiger partial charge in [0, 0.05) is 32.6 Å². The lowest BCUT2D eigenvalue weighted by molar-refractivity contribution is -0.134. The normalized spacial score (nSPS) is 23.2. The van der Waals surface area contributed by atoms with Crippen LogP contribution in [-0.2, 0) is 14.4 Å². The minimum Gasteiger partial charge on any atom is -0.493 e. The van der Waals surface area contributed by atoms with E-state index < -0.39 is 18.0 Å². The van der Waals surface area contributed by atoms with E-state index in [1.807, 2.05) is 20.9 Å². The summed E-state index contributed by atoms with van der Waals surface area (Å²) >= 11 is 0. The zero-order valence-corrected chi connectivity index (χ0v) is 22.3. The molecule has 0 saturated carbocycles. The quantitative estimate of drug-likeness (QED) is 0.556. The van der Waals surface area contributed by atoms with Crippen LogP contribution in [-0.4, -0.2) is 91.9 Å². The Bertz CT molecular complexity index is 953. The Morgan fingerprint density at radius 2 is 1.84 bits per heavy atom. The fraction of sp³-hybridized carbons (Fsp3) is 0.630. The first kappa shape index (κ1) is 28.4. The maximum absolute atomic E-state index is 13.5. The molecule has 1 fully saturated rings. The highest BCUT2D eigenvalue weighted by atomic mass is 16.5. The second kappa shape index (κ2) is 14.0. The molecule has 0 aromatic heterocycles. The molecule has 2 heterocycles. The minimum atomic E-state index is -0.875. The molecule has 10 heteroatoms. The molecule has 0 radical (unpaired) electrons. The number of ether oxygens (including phenoxy) is 1. The average Bonchev–Trinajstić information content (AvgIpc) is 3.09. The monoisotopic (exact) mass is 515 g/mol. The second-order valence-electron chi connectivity index (χ2n) is 10.3. The fourth-order valence-corrected chi connectivity index (χ4v) is 4.59. The van der Waals surface area contributed by atoms with Crippen molar-refractivity contribution in [2.75, 3.05) is 46.4 Å². The largest absolute Gasteiger partial charge is 0.493 e. The molecule has 10 nitrogen and oxygen atoms in total. The maximum Gasteiger partial charge on any atom is 0.255 e. The summed E-state index contributed by atoms with van der Waals surface area (Å²) in [6, 6.07) is 5.35. The van der Waals surface area contributed by atoms with Crippen molar-refractivity contribution >= 4 is 23.6 Å². The highest BCUT2D eigenvalue weighted by Gasteiger charge is 2.30. The third-order valence-corrected chi connectivity index (χ3v) is 6.66. The van der Waals surface area contributed by atoms with E-state index in [1.54, 1.807) is 29.2 Å². The number of para-hydroxylation sites is 1. The van der Waals surface area contributed by atoms with Gasteiger partial charge in [-0.2, -0.15) is 0 Å². The van der Waals surface area contributed by atoms with Gasteiger partial charge in [-0.15, -0.1) is 0 Å². The van der Waals surface area contributed by atoms with E-state index in [-0.39, 0.29) is 36.5 Å². The van der Waals surface area contributed by atoms with E-state index in [0.29, 0.717) is 50.4 Å². The van der Waals surface area contributed by atoms with E-state index in [4.69, 9.17) is 4.74 Å². The fourth-order valence-electron chi connectivity index (χ4n) is 4.59. The summed E-state index contributed by atoms with van der Waals surface area (Å²) in [7, 11) is 2.02. The Morgan fingerprint density at radius 1 is 1.05 bits per heavy atom. The number of carbonyl (C=O) groups is 4. The number of nitrogens with zero attached hydrogens (tertiary/aromatic N) is 2. The molecule has 2 aliphatic rings. The molecule has 4 amide bonds. The maximum atomic E-state index is 13.5. The van der Waals surface area contributed by atoms with Gasteiger partial charge in [-0.25, -0.2) is 0 Å². The first-order valence-corrected chi connectivity index (χ1v) is 13.3. The van der Waals surface area contributed by atoms with Crippen molar-refractivity contribution in [3.05, 3.63) is 29.8 Å². The van der Waals surface area contributed by atoms with E-state index in [1.165, 1.54) is 0 Å². The Morgan fingerprint density at radius 3 is 2.62 bits per heavy atom. The predicted molar refractivity (Wildman–Crippen MR) is 140 cm³/mol. The van der Waals surface area contributed by atoms with Crippen molar-refractivity contribution in [1.29, 1.82) is 0 Å². The van der Waals surface area contributed by atoms with Gasteiger partial charge < -0.3 is 30.5 Å². The van der Waals surface area contributed by atoms with Crippen LogP contribution in [0.5, 0.6) is 5.75 Å². The van der Waals surface area contributed by atoms with Crippen molar-refractivity contribution in [2.45, 2.75) is 58.0 Å². The number of likely N-dealkylation sites (N-methyl/N-ethyl adjacent to an activating group) is 1. The van der Waals surface area contributed by atoms with Crippen LogP contribution in [0.1, 0.15) is 56.3 Å². The molecular formula is C27H41N5O5. The number of carbonyl (C=O) groups excluding carboxylic acids is 4. The SMILES string of the molecule is CC(C)CC1NC(=O)CC[C@@H](C(=O)N2CCCN(C)CC2)NC(=O)c2ccccc2OCCCNC1=O. The molecule has 3 N–H and O–H groups in total. The van der Waals surface area contributed by atoms with Crippen LogP contribution < -0.4 is 20.7 Å². The summed E-state index contributed by atoms with van der Waals surface area (Å²) in [6.07, 6.45) is 2.01. The van der Waals surface area contributed by atoms with Crippen LogP contribution in [0.4, 0.5) is 0 Å². The predicted octanol–water partition coefficient (Wildman–Crippen LogP) is 1.16. The number of rotatable bonds is 3. The molecule has 2 aliphatic heterocycles. The molecule has 37 heavy (non-hydrogen) atoms. The lowest BCUT2D eigenvalue weighted by Crippen LogP contribution is -2.51. The molecule has 1 aromatic rings. The van der Waals surface area contributed by atoms with Crippen molar-refractivity contribution in [2.24, 2.45) is 5.92 Å². The van der Waals surface area contributed by atoms with Gasteiger partial charge in [0.25, 0.3) is 5.91 Å². The summed E-state index contributed by atoms with van der Waals surface area (Å²) < 4.78 is 5.86. The van der Waals surface area contributed by atoms with Crippen molar-refractivity contribution in [3.63, 3.8) is 0 Å². The van der Waals surface area contributed by atoms with Gasteiger partial charge in [0.1, 0.15) is 17.8 Å². The van der Waals surface area contributed by atoms with E-state index in [9.17, 15) is 19.2 Å². The summed E-state index contributed by atoms with van der Waals surface area (Å²) in [5.41, 5.74) is 0.327. The first-order valence-electron chi connectivity index (χ1n) is 13.3. The van der Waals surface area contributed by atoms with Gasteiger partial charge in [-0.3, -0.25) is 19.2 Å². The Labute approximate surface area is 219 Å². The molecule has 1 unspecified atom stereocenters. The number of benzene rings is 1. The zero-order valence-electron chi connectivity index (χ0n) is 22.3. The third kappa shape index (κ3) is 8.73. The molecule has 0 spiro atoms. The minimum absolute atomic E-state index is 0.00442. The van der Waals surface area contributed by atoms with Gasteiger partial charge in [0.05, 0.1) is 12.2 Å². The molecule has 3 rings (SSSR count). The van der Waals surface area contributed by atoms with Crippen LogP contribution in [0, 0.1) is 5.92 Å². The molecule has 0 bridgehead atoms. The molecular weight excluding hydrogens is 474 g/mol. The highest BCUT2D eigenvalue weighted by Crippen LogP contribution is 2.19. The zero-order chi connectivity index (χ0) is 26.8. The number of hydrogen-bond acceptors (Lipinski definition) is 6. The second-order valence-corrected chi connectivity index (χ2v) is 10.3. The standard InChI is InChI=1S/C27H41N5O5/c1-19(2)18-22-26(35)28-12-6-17-37-23-9-5-4-8-20(23)25(34)30-21(10-11-24(33)29-22)27(36)32-14-7-13-31(3)15-16-32/h4-5,8-9,19,21-22H,6-7,10-18H2,1-3H3,(H,28,35)(H,29,33)(H,30,34)/t21-,22?/m0/s1. The molecule has 1 saturated heterocycles. The highest BCUT2D eigenvalue weighted by molar-refractivity contribution is 5.99. The Hall–Kier alpha value is -3.14. The Kier molecular flexibility index (Phi) is 10.7. The lowest BCUT2D eigenvalue weighted by atomic mass is 10.0. The number of fused-ring (bicyclic) bond motifs is 1. The Balaban J connectivity index is 1.83. The topological polar surface area (TPSA) is 120 Å². The average molecular weight is 516 g/mol. The van der Waals surface area contributed by atoms with Crippen LogP contribution in [0.3, 0.4) is 0 Å². The van der Waals surface area contributed by atoms with Gasteiger partial charge in [0.2, 0.25) is 17.7 Å². The van der Waals surface area contributed by atoms with Crippen molar-refractivity contribution in [1.82, 2.24) is 25.8 Å². The summed E-state index contributed by atoms with van der Waals surface area (Å²) in [4.78, 5) is 56.4. The van der Waals surface area contributed by atoms with Gasteiger partial charge in [0.15, 0.2) is 0 Å². The molecule has 1 aromatic carbocycles. The summed E-state index contributed by atoms with van der Waals surface area (Å²) in [5.74, 6) is -0.553. The number of amides is 4. The van der Waals surface area contributed by atoms with Gasteiger partial charge in [-0.05, 0) is 57.3 Å². The van der Waals surface area contributed by atoms with Crippen LogP contribution in [0.15, 0.2) is 24.3 Å². The number of nitrogens with one attached hydrogen (secondary N) is 3. The van der Waals surface area contributed by atoms with Crippen molar-refractivity contribution in [3.8, 4) is 5.75 Å².